The molecule has 0 unspecified atom stereocenters. The quantitative estimate of drug-likeness (QED) is 0.665. The number of hydrogen-bond donors (Lipinski definition) is 0. The first kappa shape index (κ1) is 12.7. The fourth-order valence-electron chi connectivity index (χ4n) is 0.870. The van der Waals surface area contributed by atoms with Gasteiger partial charge in [0.15, 0.2) is 0 Å². The van der Waals surface area contributed by atoms with Gasteiger partial charge in [-0.15, -0.1) is 0 Å². The lowest BCUT2D eigenvalue weighted by Gasteiger charge is -2.03. The third-order valence-corrected chi connectivity index (χ3v) is 2.62. The molecule has 0 saturated carbocycles. The predicted molar refractivity (Wildman–Crippen MR) is 59.9 cm³/mol. The fourth-order valence-corrected chi connectivity index (χ4v) is 1.68. The van der Waals surface area contributed by atoms with Crippen molar-refractivity contribution in [3.05, 3.63) is 10.5 Å². The van der Waals surface area contributed by atoms with E-state index in [1.54, 1.807) is 12.5 Å². The van der Waals surface area contributed by atoms with Gasteiger partial charge in [-0.1, -0.05) is 22.9 Å². The molecule has 0 spiro atoms. The van der Waals surface area contributed by atoms with Crippen LogP contribution in [0, 0.1) is 0 Å². The molecule has 0 amide bonds. The zero-order valence-electron chi connectivity index (χ0n) is 8.57. The number of thiazole rings is 1. The Morgan fingerprint density at radius 1 is 1.33 bits per heavy atom. The van der Waals surface area contributed by atoms with Gasteiger partial charge in [0.2, 0.25) is 0 Å². The Labute approximate surface area is 98.1 Å². The summed E-state index contributed by atoms with van der Waals surface area (Å²) in [4.78, 5) is 3.96. The Hall–Kier alpha value is -0.360. The number of nitrogens with zero attached hydrogens (tertiary/aromatic N) is 1. The fraction of sp³-hybridized carbons (Fsp3) is 0.667. The standard InChI is InChI=1S/C9H14ClNO3S/c1-12-5-6-13-3-2-4-14-9-11-8(10)7-15-9/h7H,2-6H2,1H3. The predicted octanol–water partition coefficient (Wildman–Crippen LogP) is 2.23. The molecule has 0 N–H and O–H groups in total. The number of rotatable bonds is 8. The maximum atomic E-state index is 5.64. The molecule has 0 aromatic carbocycles. The highest BCUT2D eigenvalue weighted by atomic mass is 35.5. The van der Waals surface area contributed by atoms with Crippen molar-refractivity contribution in [3.8, 4) is 5.19 Å². The molecule has 1 rings (SSSR count). The molecular weight excluding hydrogens is 238 g/mol. The third kappa shape index (κ3) is 5.94. The average Bonchev–Trinajstić information content (AvgIpc) is 2.63. The van der Waals surface area contributed by atoms with Crippen molar-refractivity contribution in [2.45, 2.75) is 6.42 Å². The van der Waals surface area contributed by atoms with Gasteiger partial charge in [-0.25, -0.2) is 0 Å². The lowest BCUT2D eigenvalue weighted by atomic mass is 10.5. The lowest BCUT2D eigenvalue weighted by molar-refractivity contribution is 0.0644. The smallest absolute Gasteiger partial charge is 0.274 e. The van der Waals surface area contributed by atoms with E-state index in [-0.39, 0.29) is 0 Å². The molecule has 15 heavy (non-hydrogen) atoms. The Kier molecular flexibility index (Phi) is 6.67. The van der Waals surface area contributed by atoms with E-state index in [1.807, 2.05) is 0 Å². The Morgan fingerprint density at radius 3 is 2.87 bits per heavy atom. The normalized spacial score (nSPS) is 10.5. The van der Waals surface area contributed by atoms with E-state index < -0.39 is 0 Å². The van der Waals surface area contributed by atoms with Crippen LogP contribution in [0.5, 0.6) is 5.19 Å². The molecule has 0 bridgehead atoms. The van der Waals surface area contributed by atoms with Gasteiger partial charge in [0, 0.05) is 25.5 Å². The average molecular weight is 252 g/mol. The molecule has 86 valence electrons. The molecule has 6 heteroatoms. The van der Waals surface area contributed by atoms with E-state index >= 15 is 0 Å². The molecule has 0 fully saturated rings. The molecule has 1 aromatic heterocycles. The second-order valence-electron chi connectivity index (χ2n) is 2.74. The van der Waals surface area contributed by atoms with Gasteiger partial charge in [0.1, 0.15) is 5.15 Å². The van der Waals surface area contributed by atoms with Crippen LogP contribution in [0.1, 0.15) is 6.42 Å². The van der Waals surface area contributed by atoms with Crippen LogP contribution < -0.4 is 4.74 Å². The monoisotopic (exact) mass is 251 g/mol. The molecule has 1 aromatic rings. The zero-order chi connectivity index (χ0) is 10.9. The van der Waals surface area contributed by atoms with E-state index in [2.05, 4.69) is 4.98 Å². The highest BCUT2D eigenvalue weighted by Crippen LogP contribution is 2.21. The summed E-state index contributed by atoms with van der Waals surface area (Å²) in [7, 11) is 1.65. The van der Waals surface area contributed by atoms with Crippen molar-refractivity contribution in [3.63, 3.8) is 0 Å². The SMILES string of the molecule is COCCOCCCOc1nc(Cl)cs1. The van der Waals surface area contributed by atoms with Crippen LogP contribution in [-0.2, 0) is 9.47 Å². The maximum absolute atomic E-state index is 5.64. The zero-order valence-corrected chi connectivity index (χ0v) is 10.1. The van der Waals surface area contributed by atoms with Gasteiger partial charge in [0.05, 0.1) is 19.8 Å². The van der Waals surface area contributed by atoms with E-state index in [4.69, 9.17) is 25.8 Å². The number of aromatic nitrogens is 1. The van der Waals surface area contributed by atoms with Gasteiger partial charge in [-0.05, 0) is 0 Å². The van der Waals surface area contributed by atoms with E-state index in [9.17, 15) is 0 Å². The Bertz CT molecular complexity index is 270. The summed E-state index contributed by atoms with van der Waals surface area (Å²) in [6.45, 7) is 2.52. The topological polar surface area (TPSA) is 40.6 Å². The van der Waals surface area contributed by atoms with Crippen LogP contribution in [0.3, 0.4) is 0 Å². The lowest BCUT2D eigenvalue weighted by Crippen LogP contribution is -2.06. The van der Waals surface area contributed by atoms with E-state index in [0.717, 1.165) is 6.42 Å². The summed E-state index contributed by atoms with van der Waals surface area (Å²) in [6.07, 6.45) is 0.834. The molecule has 0 aliphatic carbocycles. The van der Waals surface area contributed by atoms with Crippen molar-refractivity contribution < 1.29 is 14.2 Å². The van der Waals surface area contributed by atoms with E-state index in [1.165, 1.54) is 11.3 Å². The summed E-state index contributed by atoms with van der Waals surface area (Å²) >= 11 is 7.03. The highest BCUT2D eigenvalue weighted by molar-refractivity contribution is 7.11. The summed E-state index contributed by atoms with van der Waals surface area (Å²) in [5.74, 6) is 0. The minimum absolute atomic E-state index is 0.478. The molecule has 0 radical (unpaired) electrons. The first-order valence-electron chi connectivity index (χ1n) is 4.63. The molecule has 0 aliphatic rings. The van der Waals surface area contributed by atoms with Gasteiger partial charge in [0.25, 0.3) is 5.19 Å². The molecule has 4 nitrogen and oxygen atoms in total. The summed E-state index contributed by atoms with van der Waals surface area (Å²) < 4.78 is 15.5. The van der Waals surface area contributed by atoms with Crippen LogP contribution in [0.15, 0.2) is 5.38 Å². The number of halogens is 1. The van der Waals surface area contributed by atoms with Gasteiger partial charge in [-0.3, -0.25) is 0 Å². The minimum atomic E-state index is 0.478. The molecule has 0 atom stereocenters. The summed E-state index contributed by atoms with van der Waals surface area (Å²) in [5, 5.41) is 2.83. The second-order valence-corrected chi connectivity index (χ2v) is 3.95. The summed E-state index contributed by atoms with van der Waals surface area (Å²) in [5.41, 5.74) is 0. The Balaban J connectivity index is 1.93. The van der Waals surface area contributed by atoms with Crippen LogP contribution in [0.2, 0.25) is 5.15 Å². The first-order chi connectivity index (χ1) is 7.33. The molecule has 0 aliphatic heterocycles. The van der Waals surface area contributed by atoms with Crippen LogP contribution in [0.25, 0.3) is 0 Å². The summed E-state index contributed by atoms with van der Waals surface area (Å²) in [6, 6.07) is 0. The second kappa shape index (κ2) is 7.87. The highest BCUT2D eigenvalue weighted by Gasteiger charge is 1.99. The minimum Gasteiger partial charge on any atom is -0.470 e. The van der Waals surface area contributed by atoms with Gasteiger partial charge in [-0.2, -0.15) is 4.98 Å². The van der Waals surface area contributed by atoms with Crippen molar-refractivity contribution in [2.75, 3.05) is 33.5 Å². The van der Waals surface area contributed by atoms with E-state index in [0.29, 0.717) is 36.8 Å². The van der Waals surface area contributed by atoms with Gasteiger partial charge < -0.3 is 14.2 Å². The molecule has 0 saturated heterocycles. The Morgan fingerprint density at radius 2 is 2.20 bits per heavy atom. The maximum Gasteiger partial charge on any atom is 0.274 e. The molecular formula is C9H14ClNO3S. The number of hydrogen-bond acceptors (Lipinski definition) is 5. The number of methoxy groups -OCH3 is 1. The molecule has 1 heterocycles. The third-order valence-electron chi connectivity index (χ3n) is 1.55. The van der Waals surface area contributed by atoms with Crippen LogP contribution in [0.4, 0.5) is 0 Å². The first-order valence-corrected chi connectivity index (χ1v) is 5.89. The van der Waals surface area contributed by atoms with Crippen molar-refractivity contribution in [1.29, 1.82) is 0 Å². The van der Waals surface area contributed by atoms with Crippen molar-refractivity contribution in [2.24, 2.45) is 0 Å². The van der Waals surface area contributed by atoms with Crippen molar-refractivity contribution in [1.82, 2.24) is 4.98 Å². The largest absolute Gasteiger partial charge is 0.470 e. The van der Waals surface area contributed by atoms with Crippen LogP contribution >= 0.6 is 22.9 Å². The van der Waals surface area contributed by atoms with Crippen LogP contribution in [-0.4, -0.2) is 38.5 Å². The number of ether oxygens (including phenoxy) is 3. The van der Waals surface area contributed by atoms with Gasteiger partial charge >= 0.3 is 0 Å². The van der Waals surface area contributed by atoms with Crippen molar-refractivity contribution >= 4 is 22.9 Å².